The van der Waals surface area contributed by atoms with Crippen LogP contribution in [-0.2, 0) is 10.0 Å². The van der Waals surface area contributed by atoms with E-state index in [1.807, 2.05) is 13.0 Å². The molecule has 0 unspecified atom stereocenters. The molecule has 0 bridgehead atoms. The van der Waals surface area contributed by atoms with E-state index in [-0.39, 0.29) is 21.7 Å². The summed E-state index contributed by atoms with van der Waals surface area (Å²) in [5.74, 6) is 1.80. The van der Waals surface area contributed by atoms with Crippen LogP contribution in [0.25, 0.3) is 0 Å². The van der Waals surface area contributed by atoms with Crippen molar-refractivity contribution in [1.82, 2.24) is 18.0 Å². The van der Waals surface area contributed by atoms with Crippen molar-refractivity contribution >= 4 is 50.4 Å². The van der Waals surface area contributed by atoms with E-state index >= 15 is 0 Å². The van der Waals surface area contributed by atoms with Crippen molar-refractivity contribution in [1.29, 1.82) is 0 Å². The lowest BCUT2D eigenvalue weighted by molar-refractivity contribution is 0.196. The van der Waals surface area contributed by atoms with Crippen LogP contribution in [0.2, 0.25) is 0 Å². The third kappa shape index (κ3) is 5.48. The van der Waals surface area contributed by atoms with Crippen molar-refractivity contribution < 1.29 is 17.9 Å². The van der Waals surface area contributed by atoms with Gasteiger partial charge in [-0.25, -0.2) is 8.42 Å². The van der Waals surface area contributed by atoms with Crippen LogP contribution in [0.1, 0.15) is 57.4 Å². The number of furan rings is 1. The highest BCUT2D eigenvalue weighted by molar-refractivity contribution is 7.91. The van der Waals surface area contributed by atoms with Crippen LogP contribution < -0.4 is 10.6 Å². The van der Waals surface area contributed by atoms with Gasteiger partial charge in [0.25, 0.3) is 10.0 Å². The second-order valence-electron chi connectivity index (χ2n) is 8.75. The monoisotopic (exact) mass is 540 g/mol. The predicted octanol–water partition coefficient (Wildman–Crippen LogP) is 4.65. The summed E-state index contributed by atoms with van der Waals surface area (Å²) >= 11 is 2.02. The highest BCUT2D eigenvalue weighted by Gasteiger charge is 2.33. The molecule has 13 heteroatoms. The second kappa shape index (κ2) is 10.8. The zero-order chi connectivity index (χ0) is 25.2. The maximum atomic E-state index is 13.2. The minimum absolute atomic E-state index is 0.0640. The first-order valence-corrected chi connectivity index (χ1v) is 14.8. The van der Waals surface area contributed by atoms with Gasteiger partial charge in [-0.3, -0.25) is 0 Å². The molecule has 0 spiro atoms. The van der Waals surface area contributed by atoms with Crippen LogP contribution in [-0.4, -0.2) is 64.2 Å². The third-order valence-corrected chi connectivity index (χ3v) is 10.1. The molecular formula is C22H32N6O4S3. The number of thiophene rings is 1. The molecule has 0 saturated carbocycles. The van der Waals surface area contributed by atoms with Gasteiger partial charge in [-0.05, 0) is 30.5 Å². The first-order chi connectivity index (χ1) is 16.7. The Morgan fingerprint density at radius 3 is 2.51 bits per heavy atom. The van der Waals surface area contributed by atoms with Gasteiger partial charge < -0.3 is 25.1 Å². The molecule has 10 nitrogen and oxygen atoms in total. The molecule has 1 aliphatic heterocycles. The number of nitrogens with zero attached hydrogens (tertiary/aromatic N) is 4. The first kappa shape index (κ1) is 25.9. The molecular weight excluding hydrogens is 508 g/mol. The lowest BCUT2D eigenvalue weighted by atomic mass is 10.1. The highest BCUT2D eigenvalue weighted by atomic mass is 32.2. The van der Waals surface area contributed by atoms with Crippen molar-refractivity contribution in [3.63, 3.8) is 0 Å². The van der Waals surface area contributed by atoms with E-state index < -0.39 is 10.0 Å². The smallest absolute Gasteiger partial charge is 0.256 e. The molecule has 35 heavy (non-hydrogen) atoms. The van der Waals surface area contributed by atoms with Crippen molar-refractivity contribution in [2.45, 2.75) is 50.3 Å². The molecule has 1 fully saturated rings. The Bertz CT molecular complexity index is 1230. The minimum atomic E-state index is -3.78. The highest BCUT2D eigenvalue weighted by Crippen LogP contribution is 2.41. The fourth-order valence-electron chi connectivity index (χ4n) is 3.90. The van der Waals surface area contributed by atoms with Gasteiger partial charge >= 0.3 is 0 Å². The van der Waals surface area contributed by atoms with Gasteiger partial charge in [0.15, 0.2) is 21.6 Å². The molecule has 0 aromatic carbocycles. The summed E-state index contributed by atoms with van der Waals surface area (Å²) in [4.78, 5) is 2.20. The Labute approximate surface area is 214 Å². The standard InChI is InChI=1S/C22H32N6O4S3/c1-5-16(18-11-15(12-32-18)14(3)4)23-20-21(26-34-25-20)24-17-13-33-22(19(17)29)35(30,31)28-9-7-27(6-2)8-10-28/h11-14,16,29H,5-10H2,1-4H3,(H,23,25)(H,24,26)/t16-/m1/s1. The number of piperazine rings is 1. The molecule has 4 rings (SSSR count). The zero-order valence-electron chi connectivity index (χ0n) is 20.3. The molecule has 0 aliphatic carbocycles. The van der Waals surface area contributed by atoms with E-state index in [0.717, 1.165) is 47.4 Å². The van der Waals surface area contributed by atoms with Crippen LogP contribution in [0, 0.1) is 0 Å². The predicted molar refractivity (Wildman–Crippen MR) is 139 cm³/mol. The van der Waals surface area contributed by atoms with E-state index in [0.29, 0.717) is 43.7 Å². The Hall–Kier alpha value is -2.19. The van der Waals surface area contributed by atoms with Crippen molar-refractivity contribution in [2.75, 3.05) is 43.4 Å². The first-order valence-electron chi connectivity index (χ1n) is 11.7. The third-order valence-electron chi connectivity index (χ3n) is 6.20. The largest absolute Gasteiger partial charge is 0.504 e. The summed E-state index contributed by atoms with van der Waals surface area (Å²) in [6.07, 6.45) is 2.54. The molecule has 0 radical (unpaired) electrons. The second-order valence-corrected chi connectivity index (χ2v) is 12.3. The molecule has 1 atom stereocenters. The Morgan fingerprint density at radius 2 is 1.89 bits per heavy atom. The molecule has 3 N–H and O–H groups in total. The van der Waals surface area contributed by atoms with Crippen molar-refractivity contribution in [2.24, 2.45) is 0 Å². The topological polar surface area (TPSA) is 124 Å². The number of sulfonamides is 1. The molecule has 4 heterocycles. The Morgan fingerprint density at radius 1 is 1.17 bits per heavy atom. The van der Waals surface area contributed by atoms with Crippen LogP contribution >= 0.6 is 23.1 Å². The number of anilines is 3. The average Bonchev–Trinajstić information content (AvgIpc) is 3.59. The maximum absolute atomic E-state index is 13.2. The van der Waals surface area contributed by atoms with Crippen molar-refractivity contribution in [3.8, 4) is 5.75 Å². The molecule has 1 aliphatic rings. The summed E-state index contributed by atoms with van der Waals surface area (Å²) in [7, 11) is -3.78. The van der Waals surface area contributed by atoms with Gasteiger partial charge in [0.2, 0.25) is 0 Å². The molecule has 1 saturated heterocycles. The summed E-state index contributed by atoms with van der Waals surface area (Å²) in [6.45, 7) is 11.4. The van der Waals surface area contributed by atoms with Gasteiger partial charge in [-0.1, -0.05) is 27.7 Å². The molecule has 192 valence electrons. The van der Waals surface area contributed by atoms with Gasteiger partial charge in [0.1, 0.15) is 5.76 Å². The summed E-state index contributed by atoms with van der Waals surface area (Å²) in [5.41, 5.74) is 1.41. The normalized spacial score (nSPS) is 16.6. The Balaban J connectivity index is 1.49. The Kier molecular flexibility index (Phi) is 8.01. The maximum Gasteiger partial charge on any atom is 0.256 e. The SMILES string of the molecule is CC[C@@H](Nc1nsnc1Nc1csc(S(=O)(=O)N2CCN(CC)CC2)c1O)c1cc(C(C)C)co1. The summed E-state index contributed by atoms with van der Waals surface area (Å²) < 4.78 is 42.1. The number of aromatic nitrogens is 2. The van der Waals surface area contributed by atoms with E-state index in [1.54, 1.807) is 11.6 Å². The number of rotatable bonds is 10. The molecule has 3 aromatic heterocycles. The number of aromatic hydroxyl groups is 1. The minimum Gasteiger partial charge on any atom is -0.504 e. The number of hydrogen-bond acceptors (Lipinski definition) is 11. The zero-order valence-corrected chi connectivity index (χ0v) is 22.8. The van der Waals surface area contributed by atoms with E-state index in [2.05, 4.69) is 45.1 Å². The lowest BCUT2D eigenvalue weighted by Gasteiger charge is -2.32. The fraction of sp³-hybridized carbons (Fsp3) is 0.545. The average molecular weight is 541 g/mol. The summed E-state index contributed by atoms with van der Waals surface area (Å²) in [5, 5.41) is 18.8. The van der Waals surface area contributed by atoms with Gasteiger partial charge in [-0.2, -0.15) is 13.1 Å². The van der Waals surface area contributed by atoms with Crippen LogP contribution in [0.5, 0.6) is 5.75 Å². The lowest BCUT2D eigenvalue weighted by Crippen LogP contribution is -2.48. The van der Waals surface area contributed by atoms with E-state index in [4.69, 9.17) is 4.42 Å². The summed E-state index contributed by atoms with van der Waals surface area (Å²) in [6, 6.07) is 1.93. The molecule has 0 amide bonds. The van der Waals surface area contributed by atoms with Crippen LogP contribution in [0.15, 0.2) is 26.3 Å². The van der Waals surface area contributed by atoms with Crippen LogP contribution in [0.4, 0.5) is 17.3 Å². The number of nitrogens with one attached hydrogen (secondary N) is 2. The number of likely N-dealkylation sites (N-methyl/N-ethyl adjacent to an activating group) is 1. The van der Waals surface area contributed by atoms with Gasteiger partial charge in [-0.15, -0.1) is 11.3 Å². The number of hydrogen-bond donors (Lipinski definition) is 3. The molecule has 3 aromatic rings. The van der Waals surface area contributed by atoms with Crippen molar-refractivity contribution in [3.05, 3.63) is 29.0 Å². The van der Waals surface area contributed by atoms with E-state index in [9.17, 15) is 13.5 Å². The fourth-order valence-corrected chi connectivity index (χ4v) is 7.17. The van der Waals surface area contributed by atoms with Gasteiger partial charge in [0, 0.05) is 31.6 Å². The van der Waals surface area contributed by atoms with E-state index in [1.165, 1.54) is 4.31 Å². The quantitative estimate of drug-likeness (QED) is 0.337. The van der Waals surface area contributed by atoms with Gasteiger partial charge in [0.05, 0.1) is 29.7 Å². The van der Waals surface area contributed by atoms with Crippen LogP contribution in [0.3, 0.4) is 0 Å².